The van der Waals surface area contributed by atoms with Gasteiger partial charge in [0.25, 0.3) is 10.0 Å². The van der Waals surface area contributed by atoms with Crippen molar-refractivity contribution in [3.05, 3.63) is 46.3 Å². The number of sulfonamides is 1. The lowest BCUT2D eigenvalue weighted by Gasteiger charge is -2.19. The first-order chi connectivity index (χ1) is 11.8. The van der Waals surface area contributed by atoms with Crippen LogP contribution in [0.15, 0.2) is 23.1 Å². The zero-order chi connectivity index (χ0) is 17.9. The molecule has 0 atom stereocenters. The van der Waals surface area contributed by atoms with Crippen LogP contribution in [0.1, 0.15) is 28.1 Å². The summed E-state index contributed by atoms with van der Waals surface area (Å²) in [6.07, 6.45) is 0.667. The van der Waals surface area contributed by atoms with E-state index in [0.29, 0.717) is 30.2 Å². The van der Waals surface area contributed by atoms with Gasteiger partial charge in [-0.2, -0.15) is 5.10 Å². The first-order valence-electron chi connectivity index (χ1n) is 8.24. The van der Waals surface area contributed by atoms with Crippen molar-refractivity contribution in [2.75, 3.05) is 10.8 Å². The fourth-order valence-electron chi connectivity index (χ4n) is 3.65. The Balaban J connectivity index is 1.91. The summed E-state index contributed by atoms with van der Waals surface area (Å²) < 4.78 is 27.8. The molecule has 4 rings (SSSR count). The van der Waals surface area contributed by atoms with Crippen molar-refractivity contribution >= 4 is 26.7 Å². The van der Waals surface area contributed by atoms with Gasteiger partial charge in [0, 0.05) is 11.9 Å². The zero-order valence-corrected chi connectivity index (χ0v) is 15.5. The fraction of sp³-hybridized carbons (Fsp3) is 0.333. The summed E-state index contributed by atoms with van der Waals surface area (Å²) in [4.78, 5) is 4.96. The van der Waals surface area contributed by atoms with E-state index in [1.54, 1.807) is 13.8 Å². The highest BCUT2D eigenvalue weighted by molar-refractivity contribution is 7.93. The van der Waals surface area contributed by atoms with Crippen LogP contribution in [-0.2, 0) is 16.4 Å². The molecule has 0 saturated carbocycles. The van der Waals surface area contributed by atoms with Crippen LogP contribution in [0.4, 0.5) is 5.82 Å². The Morgan fingerprint density at radius 3 is 2.56 bits per heavy atom. The van der Waals surface area contributed by atoms with Crippen LogP contribution in [0, 0.1) is 27.7 Å². The molecule has 6 nitrogen and oxygen atoms in total. The van der Waals surface area contributed by atoms with Crippen molar-refractivity contribution in [3.8, 4) is 0 Å². The van der Waals surface area contributed by atoms with E-state index in [-0.39, 0.29) is 4.90 Å². The van der Waals surface area contributed by atoms with Gasteiger partial charge in [-0.1, -0.05) is 6.07 Å². The Hall–Kier alpha value is -2.41. The summed E-state index contributed by atoms with van der Waals surface area (Å²) in [5.41, 5.74) is 5.12. The molecule has 1 aromatic carbocycles. The third-order valence-electron chi connectivity index (χ3n) is 4.77. The molecule has 0 radical (unpaired) electrons. The molecule has 7 heteroatoms. The Labute approximate surface area is 146 Å². The predicted octanol–water partition coefficient (Wildman–Crippen LogP) is 2.94. The maximum atomic E-state index is 13.2. The Bertz CT molecular complexity index is 1100. The fourth-order valence-corrected chi connectivity index (χ4v) is 5.44. The monoisotopic (exact) mass is 356 g/mol. The molecule has 3 aromatic rings. The quantitative estimate of drug-likeness (QED) is 0.766. The number of pyridine rings is 1. The molecule has 130 valence electrons. The lowest BCUT2D eigenvalue weighted by Crippen LogP contribution is -2.30. The summed E-state index contributed by atoms with van der Waals surface area (Å²) in [7, 11) is -3.68. The molecule has 0 aliphatic carbocycles. The standard InChI is InChI=1S/C18H20N4O2S/c1-10-7-11(2)15-9-14-5-6-22(18(14)19-16(15)8-10)25(23,24)17-12(3)20-21-13(17)4/h7-9H,5-6H2,1-4H3,(H,20,21). The molecular weight excluding hydrogens is 336 g/mol. The minimum absolute atomic E-state index is 0.252. The molecule has 1 aliphatic heterocycles. The second kappa shape index (κ2) is 5.29. The Kier molecular flexibility index (Phi) is 3.40. The van der Waals surface area contributed by atoms with Crippen molar-refractivity contribution in [1.29, 1.82) is 0 Å². The van der Waals surface area contributed by atoms with Crippen LogP contribution >= 0.6 is 0 Å². The van der Waals surface area contributed by atoms with Gasteiger partial charge < -0.3 is 0 Å². The average Bonchev–Trinajstić information content (AvgIpc) is 3.09. The van der Waals surface area contributed by atoms with Gasteiger partial charge in [0.2, 0.25) is 0 Å². The molecule has 3 heterocycles. The van der Waals surface area contributed by atoms with Gasteiger partial charge >= 0.3 is 0 Å². The molecule has 1 aliphatic rings. The number of benzene rings is 1. The number of aromatic amines is 1. The summed E-state index contributed by atoms with van der Waals surface area (Å²) in [6.45, 7) is 7.92. The molecule has 0 unspecified atom stereocenters. The van der Waals surface area contributed by atoms with E-state index in [4.69, 9.17) is 4.98 Å². The van der Waals surface area contributed by atoms with Crippen molar-refractivity contribution < 1.29 is 8.42 Å². The third-order valence-corrected chi connectivity index (χ3v) is 6.82. The molecule has 0 saturated heterocycles. The highest BCUT2D eigenvalue weighted by Crippen LogP contribution is 2.35. The molecule has 0 bridgehead atoms. The van der Waals surface area contributed by atoms with Gasteiger partial charge in [0.1, 0.15) is 10.7 Å². The first-order valence-corrected chi connectivity index (χ1v) is 9.68. The van der Waals surface area contributed by atoms with Crippen LogP contribution in [0.2, 0.25) is 0 Å². The van der Waals surface area contributed by atoms with E-state index in [9.17, 15) is 8.42 Å². The average molecular weight is 356 g/mol. The van der Waals surface area contributed by atoms with E-state index < -0.39 is 10.0 Å². The Morgan fingerprint density at radius 2 is 1.88 bits per heavy atom. The highest BCUT2D eigenvalue weighted by atomic mass is 32.2. The largest absolute Gasteiger partial charge is 0.281 e. The maximum absolute atomic E-state index is 13.2. The van der Waals surface area contributed by atoms with Gasteiger partial charge in [0.15, 0.2) is 0 Å². The Morgan fingerprint density at radius 1 is 1.12 bits per heavy atom. The van der Waals surface area contributed by atoms with Gasteiger partial charge in [-0.25, -0.2) is 17.7 Å². The number of fused-ring (bicyclic) bond motifs is 2. The summed E-state index contributed by atoms with van der Waals surface area (Å²) in [6, 6.07) is 6.20. The van der Waals surface area contributed by atoms with E-state index in [1.165, 1.54) is 4.31 Å². The highest BCUT2D eigenvalue weighted by Gasteiger charge is 2.35. The van der Waals surface area contributed by atoms with Crippen LogP contribution in [0.25, 0.3) is 10.9 Å². The van der Waals surface area contributed by atoms with Crippen molar-refractivity contribution in [2.24, 2.45) is 0 Å². The molecule has 2 aromatic heterocycles. The molecule has 1 N–H and O–H groups in total. The topological polar surface area (TPSA) is 79.0 Å². The maximum Gasteiger partial charge on any atom is 0.269 e. The van der Waals surface area contributed by atoms with Crippen LogP contribution in [0.5, 0.6) is 0 Å². The number of hydrogen-bond donors (Lipinski definition) is 1. The van der Waals surface area contributed by atoms with Gasteiger partial charge in [-0.05, 0) is 62.9 Å². The van der Waals surface area contributed by atoms with Crippen LogP contribution in [-0.4, -0.2) is 30.1 Å². The zero-order valence-electron chi connectivity index (χ0n) is 14.7. The molecule has 0 spiro atoms. The second-order valence-corrected chi connectivity index (χ2v) is 8.51. The molecule has 0 fully saturated rings. The first kappa shape index (κ1) is 16.1. The van der Waals surface area contributed by atoms with Crippen LogP contribution < -0.4 is 4.31 Å². The number of aryl methyl sites for hydroxylation is 4. The molecular formula is C18H20N4O2S. The van der Waals surface area contributed by atoms with Crippen molar-refractivity contribution in [1.82, 2.24) is 15.2 Å². The SMILES string of the molecule is Cc1cc(C)c2cc3c(nc2c1)N(S(=O)(=O)c1c(C)n[nH]c1C)CC3. The number of nitrogens with one attached hydrogen (secondary N) is 1. The number of rotatable bonds is 2. The van der Waals surface area contributed by atoms with Gasteiger partial charge in [0.05, 0.1) is 16.9 Å². The van der Waals surface area contributed by atoms with Gasteiger partial charge in [-0.3, -0.25) is 5.10 Å². The summed E-state index contributed by atoms with van der Waals surface area (Å²) >= 11 is 0. The third kappa shape index (κ3) is 2.33. The molecule has 25 heavy (non-hydrogen) atoms. The smallest absolute Gasteiger partial charge is 0.269 e. The second-order valence-electron chi connectivity index (χ2n) is 6.71. The number of hydrogen-bond acceptors (Lipinski definition) is 4. The lowest BCUT2D eigenvalue weighted by molar-refractivity contribution is 0.591. The van der Waals surface area contributed by atoms with Gasteiger partial charge in [-0.15, -0.1) is 0 Å². The summed E-state index contributed by atoms with van der Waals surface area (Å²) in [5, 5.41) is 7.87. The number of H-pyrrole nitrogens is 1. The van der Waals surface area contributed by atoms with Crippen molar-refractivity contribution in [3.63, 3.8) is 0 Å². The summed E-state index contributed by atoms with van der Waals surface area (Å²) in [5.74, 6) is 0.539. The van der Waals surface area contributed by atoms with E-state index in [2.05, 4.69) is 29.3 Å². The number of aromatic nitrogens is 3. The van der Waals surface area contributed by atoms with Crippen LogP contribution in [0.3, 0.4) is 0 Å². The van der Waals surface area contributed by atoms with E-state index >= 15 is 0 Å². The number of anilines is 1. The predicted molar refractivity (Wildman–Crippen MR) is 97.5 cm³/mol. The number of nitrogens with zero attached hydrogens (tertiary/aromatic N) is 3. The lowest BCUT2D eigenvalue weighted by atomic mass is 10.0. The normalized spacial score (nSPS) is 14.3. The van der Waals surface area contributed by atoms with E-state index in [1.807, 2.05) is 13.0 Å². The minimum Gasteiger partial charge on any atom is -0.281 e. The minimum atomic E-state index is -3.68. The van der Waals surface area contributed by atoms with Crippen molar-refractivity contribution in [2.45, 2.75) is 39.0 Å². The van der Waals surface area contributed by atoms with E-state index in [0.717, 1.165) is 27.6 Å². The molecule has 0 amide bonds.